The molecular weight excluding hydrogens is 291 g/mol. The van der Waals surface area contributed by atoms with Crippen LogP contribution in [0.15, 0.2) is 36.4 Å². The minimum Gasteiger partial charge on any atom is -0.508 e. The topological polar surface area (TPSA) is 40.5 Å². The maximum atomic E-state index is 13.1. The zero-order valence-electron chi connectivity index (χ0n) is 13.3. The fraction of sp³-hybridized carbons (Fsp3) is 0.400. The Kier molecular flexibility index (Phi) is 4.85. The Bertz CT molecular complexity index is 658. The van der Waals surface area contributed by atoms with Crippen LogP contribution in [0.4, 0.5) is 4.39 Å². The van der Waals surface area contributed by atoms with Gasteiger partial charge in [-0.05, 0) is 48.1 Å². The molecule has 3 rings (SSSR count). The zero-order chi connectivity index (χ0) is 16.2. The lowest BCUT2D eigenvalue weighted by Gasteiger charge is -2.21. The van der Waals surface area contributed by atoms with E-state index in [0.717, 1.165) is 29.9 Å². The summed E-state index contributed by atoms with van der Waals surface area (Å²) in [5.41, 5.74) is 2.25. The summed E-state index contributed by atoms with van der Waals surface area (Å²) in [4.78, 5) is 0. The predicted molar refractivity (Wildman–Crippen MR) is 90.1 cm³/mol. The molecule has 122 valence electrons. The summed E-state index contributed by atoms with van der Waals surface area (Å²) in [6, 6.07) is 9.28. The van der Waals surface area contributed by atoms with Gasteiger partial charge in [-0.15, -0.1) is 0 Å². The highest BCUT2D eigenvalue weighted by molar-refractivity contribution is 5.72. The van der Waals surface area contributed by atoms with Crippen LogP contribution in [-0.2, 0) is 6.42 Å². The van der Waals surface area contributed by atoms with Crippen molar-refractivity contribution in [3.8, 4) is 22.6 Å². The van der Waals surface area contributed by atoms with Crippen molar-refractivity contribution in [3.05, 3.63) is 47.8 Å². The standard InChI is InChI=1S/C20H23FO2/c21-17-10-8-15(9-11-17)18-12-16(19(22)13-20(18)23)7-6-14-4-2-1-3-5-14/h8-14,22-23H,1-7H2. The maximum Gasteiger partial charge on any atom is 0.127 e. The molecule has 0 spiro atoms. The third-order valence-electron chi connectivity index (χ3n) is 4.90. The summed E-state index contributed by atoms with van der Waals surface area (Å²) in [5, 5.41) is 20.2. The Morgan fingerprint density at radius 1 is 0.913 bits per heavy atom. The van der Waals surface area contributed by atoms with Crippen molar-refractivity contribution in [1.82, 2.24) is 0 Å². The first-order chi connectivity index (χ1) is 11.1. The normalized spacial score (nSPS) is 15.7. The molecule has 0 radical (unpaired) electrons. The fourth-order valence-electron chi connectivity index (χ4n) is 3.52. The molecule has 2 N–H and O–H groups in total. The number of hydrogen-bond donors (Lipinski definition) is 2. The molecule has 0 saturated heterocycles. The average Bonchev–Trinajstić information content (AvgIpc) is 2.56. The molecule has 0 aliphatic heterocycles. The number of benzene rings is 2. The van der Waals surface area contributed by atoms with Crippen LogP contribution in [0.3, 0.4) is 0 Å². The molecule has 1 aliphatic carbocycles. The Morgan fingerprint density at radius 2 is 1.61 bits per heavy atom. The quantitative estimate of drug-likeness (QED) is 0.791. The minimum absolute atomic E-state index is 0.0236. The lowest BCUT2D eigenvalue weighted by Crippen LogP contribution is -2.07. The van der Waals surface area contributed by atoms with Crippen molar-refractivity contribution in [2.75, 3.05) is 0 Å². The van der Waals surface area contributed by atoms with Gasteiger partial charge in [-0.1, -0.05) is 44.2 Å². The van der Waals surface area contributed by atoms with E-state index in [-0.39, 0.29) is 17.3 Å². The minimum atomic E-state index is -0.301. The van der Waals surface area contributed by atoms with Gasteiger partial charge in [0.25, 0.3) is 0 Å². The van der Waals surface area contributed by atoms with Gasteiger partial charge in [0, 0.05) is 11.6 Å². The van der Waals surface area contributed by atoms with Gasteiger partial charge in [-0.3, -0.25) is 0 Å². The van der Waals surface area contributed by atoms with E-state index in [2.05, 4.69) is 0 Å². The molecule has 2 nitrogen and oxygen atoms in total. The van der Waals surface area contributed by atoms with Crippen LogP contribution in [-0.4, -0.2) is 10.2 Å². The molecule has 1 aliphatic rings. The third-order valence-corrected chi connectivity index (χ3v) is 4.90. The number of hydrogen-bond acceptors (Lipinski definition) is 2. The van der Waals surface area contributed by atoms with Gasteiger partial charge in [0.1, 0.15) is 17.3 Å². The molecule has 0 heterocycles. The fourth-order valence-corrected chi connectivity index (χ4v) is 3.52. The van der Waals surface area contributed by atoms with Crippen molar-refractivity contribution in [2.45, 2.75) is 44.9 Å². The van der Waals surface area contributed by atoms with Crippen LogP contribution in [0.2, 0.25) is 0 Å². The Hall–Kier alpha value is -2.03. The van der Waals surface area contributed by atoms with Crippen LogP contribution in [0, 0.1) is 11.7 Å². The predicted octanol–water partition coefficient (Wildman–Crippen LogP) is 5.42. The third kappa shape index (κ3) is 3.84. The van der Waals surface area contributed by atoms with E-state index in [0.29, 0.717) is 5.56 Å². The van der Waals surface area contributed by atoms with Crippen LogP contribution in [0.1, 0.15) is 44.1 Å². The molecule has 0 aromatic heterocycles. The second-order valence-electron chi connectivity index (χ2n) is 6.55. The molecule has 3 heteroatoms. The van der Waals surface area contributed by atoms with E-state index in [9.17, 15) is 14.6 Å². The molecule has 0 bridgehead atoms. The molecule has 1 saturated carbocycles. The summed E-state index contributed by atoms with van der Waals surface area (Å²) in [5.74, 6) is 0.607. The van der Waals surface area contributed by atoms with Crippen LogP contribution >= 0.6 is 0 Å². The molecule has 0 atom stereocenters. The first kappa shape index (κ1) is 15.9. The van der Waals surface area contributed by atoms with Gasteiger partial charge < -0.3 is 10.2 Å². The van der Waals surface area contributed by atoms with E-state index < -0.39 is 0 Å². The number of aryl methyl sites for hydroxylation is 1. The lowest BCUT2D eigenvalue weighted by molar-refractivity contribution is 0.337. The maximum absolute atomic E-state index is 13.1. The van der Waals surface area contributed by atoms with Crippen molar-refractivity contribution in [3.63, 3.8) is 0 Å². The van der Waals surface area contributed by atoms with Gasteiger partial charge in [0.2, 0.25) is 0 Å². The van der Waals surface area contributed by atoms with Gasteiger partial charge in [-0.2, -0.15) is 0 Å². The molecule has 2 aromatic rings. The summed E-state index contributed by atoms with van der Waals surface area (Å²) >= 11 is 0. The number of aromatic hydroxyl groups is 2. The molecule has 23 heavy (non-hydrogen) atoms. The van der Waals surface area contributed by atoms with Crippen LogP contribution in [0.5, 0.6) is 11.5 Å². The molecule has 2 aromatic carbocycles. The van der Waals surface area contributed by atoms with Gasteiger partial charge >= 0.3 is 0 Å². The van der Waals surface area contributed by atoms with Crippen molar-refractivity contribution < 1.29 is 14.6 Å². The van der Waals surface area contributed by atoms with Gasteiger partial charge in [0.05, 0.1) is 0 Å². The molecule has 1 fully saturated rings. The highest BCUT2D eigenvalue weighted by Gasteiger charge is 2.16. The summed E-state index contributed by atoms with van der Waals surface area (Å²) in [7, 11) is 0. The van der Waals surface area contributed by atoms with E-state index in [1.165, 1.54) is 50.3 Å². The first-order valence-electron chi connectivity index (χ1n) is 8.44. The number of rotatable bonds is 4. The van der Waals surface area contributed by atoms with Gasteiger partial charge in [0.15, 0.2) is 0 Å². The monoisotopic (exact) mass is 314 g/mol. The summed E-state index contributed by atoms with van der Waals surface area (Å²) in [6.45, 7) is 0. The largest absolute Gasteiger partial charge is 0.508 e. The molecule has 0 unspecified atom stereocenters. The number of halogens is 1. The SMILES string of the molecule is Oc1cc(O)c(-c2ccc(F)cc2)cc1CCC1CCCCC1. The smallest absolute Gasteiger partial charge is 0.127 e. The van der Waals surface area contributed by atoms with E-state index in [4.69, 9.17) is 0 Å². The average molecular weight is 314 g/mol. The van der Waals surface area contributed by atoms with E-state index >= 15 is 0 Å². The van der Waals surface area contributed by atoms with Crippen LogP contribution in [0.25, 0.3) is 11.1 Å². The van der Waals surface area contributed by atoms with E-state index in [1.807, 2.05) is 6.07 Å². The molecular formula is C20H23FO2. The van der Waals surface area contributed by atoms with Crippen molar-refractivity contribution in [1.29, 1.82) is 0 Å². The zero-order valence-corrected chi connectivity index (χ0v) is 13.3. The highest BCUT2D eigenvalue weighted by Crippen LogP contribution is 2.36. The van der Waals surface area contributed by atoms with Crippen LogP contribution < -0.4 is 0 Å². The van der Waals surface area contributed by atoms with Crippen molar-refractivity contribution in [2.24, 2.45) is 5.92 Å². The number of phenolic OH excluding ortho intramolecular Hbond substituents is 2. The lowest BCUT2D eigenvalue weighted by atomic mass is 9.85. The van der Waals surface area contributed by atoms with E-state index in [1.54, 1.807) is 12.1 Å². The van der Waals surface area contributed by atoms with Gasteiger partial charge in [-0.25, -0.2) is 4.39 Å². The number of phenols is 2. The molecule has 0 amide bonds. The first-order valence-corrected chi connectivity index (χ1v) is 8.44. The second-order valence-corrected chi connectivity index (χ2v) is 6.55. The Balaban J connectivity index is 1.80. The Labute approximate surface area is 136 Å². The second kappa shape index (κ2) is 7.03. The van der Waals surface area contributed by atoms with Crippen molar-refractivity contribution >= 4 is 0 Å². The Morgan fingerprint density at radius 3 is 2.30 bits per heavy atom. The highest BCUT2D eigenvalue weighted by atomic mass is 19.1. The summed E-state index contributed by atoms with van der Waals surface area (Å²) in [6.07, 6.45) is 8.41. The summed E-state index contributed by atoms with van der Waals surface area (Å²) < 4.78 is 13.1.